The highest BCUT2D eigenvalue weighted by Crippen LogP contribution is 2.29. The number of hydrogen-bond acceptors (Lipinski definition) is 5. The summed E-state index contributed by atoms with van der Waals surface area (Å²) in [6.45, 7) is 0. The van der Waals surface area contributed by atoms with Gasteiger partial charge in [-0.1, -0.05) is 50.1 Å². The third-order valence-electron chi connectivity index (χ3n) is 2.44. The summed E-state index contributed by atoms with van der Waals surface area (Å²) >= 11 is 6.55. The van der Waals surface area contributed by atoms with E-state index in [0.29, 0.717) is 11.0 Å². The number of azo groups is 1. The molecular weight excluding hydrogens is 380 g/mol. The van der Waals surface area contributed by atoms with Crippen LogP contribution >= 0.6 is 31.9 Å². The second kappa shape index (κ2) is 6.29. The van der Waals surface area contributed by atoms with Gasteiger partial charge in [-0.05, 0) is 12.1 Å². The van der Waals surface area contributed by atoms with Gasteiger partial charge in [0.2, 0.25) is 5.70 Å². The summed E-state index contributed by atoms with van der Waals surface area (Å²) in [5, 5.41) is 18.1. The third kappa shape index (κ3) is 3.22. The molecule has 1 N–H and O–H groups in total. The van der Waals surface area contributed by atoms with E-state index >= 15 is 0 Å². The maximum absolute atomic E-state index is 11.6. The summed E-state index contributed by atoms with van der Waals surface area (Å²) in [6, 6.07) is 8.94. The fourth-order valence-electron chi connectivity index (χ4n) is 1.49. The molecule has 100 valence electrons. The fraction of sp³-hybridized carbons (Fsp3) is 0.250. The number of hydrogen-bond donors (Lipinski definition) is 1. The van der Waals surface area contributed by atoms with Crippen LogP contribution in [-0.2, 0) is 9.53 Å². The van der Waals surface area contributed by atoms with Gasteiger partial charge >= 0.3 is 5.97 Å². The van der Waals surface area contributed by atoms with Gasteiger partial charge in [0.1, 0.15) is 0 Å². The largest absolute Gasteiger partial charge is 0.506 e. The molecule has 0 aliphatic carbocycles. The number of alkyl halides is 2. The number of aliphatic hydroxyl groups is 1. The first-order chi connectivity index (χ1) is 9.13. The molecule has 0 saturated heterocycles. The summed E-state index contributed by atoms with van der Waals surface area (Å²) < 4.78 is 5.03. The van der Waals surface area contributed by atoms with Crippen molar-refractivity contribution in [2.45, 2.75) is 10.9 Å². The van der Waals surface area contributed by atoms with Crippen LogP contribution in [0.3, 0.4) is 0 Å². The van der Waals surface area contributed by atoms with E-state index in [2.05, 4.69) is 42.1 Å². The van der Waals surface area contributed by atoms with Crippen molar-refractivity contribution in [3.63, 3.8) is 0 Å². The average Bonchev–Trinajstić information content (AvgIpc) is 2.72. The van der Waals surface area contributed by atoms with E-state index in [4.69, 9.17) is 4.74 Å². The van der Waals surface area contributed by atoms with Crippen molar-refractivity contribution in [2.24, 2.45) is 10.2 Å². The van der Waals surface area contributed by atoms with Crippen molar-refractivity contribution >= 4 is 43.5 Å². The Kier molecular flexibility index (Phi) is 4.71. The summed E-state index contributed by atoms with van der Waals surface area (Å²) in [5.41, 5.74) is 0.439. The molecule has 1 aliphatic heterocycles. The van der Waals surface area contributed by atoms with Crippen molar-refractivity contribution in [3.8, 4) is 0 Å². The van der Waals surface area contributed by atoms with E-state index in [1.807, 2.05) is 6.07 Å². The monoisotopic (exact) mass is 388 g/mol. The lowest BCUT2D eigenvalue weighted by molar-refractivity contribution is -0.140. The standard InChI is InChI=1S/C12H10Br2N2O3/c13-6-8(14)11-10(17)9(12(18)19-11)16-15-7-4-2-1-3-5-7/h1-5,8,11,17H,6H2/t8-,11?/m1/s1. The Labute approximate surface area is 126 Å². The zero-order valence-corrected chi connectivity index (χ0v) is 12.8. The maximum Gasteiger partial charge on any atom is 0.363 e. The Hall–Kier alpha value is -1.21. The molecule has 1 aromatic carbocycles. The molecule has 0 amide bonds. The van der Waals surface area contributed by atoms with Gasteiger partial charge in [0.25, 0.3) is 0 Å². The number of nitrogens with zero attached hydrogens (tertiary/aromatic N) is 2. The first-order valence-corrected chi connectivity index (χ1v) is 7.48. The van der Waals surface area contributed by atoms with Crippen LogP contribution in [0.2, 0.25) is 0 Å². The van der Waals surface area contributed by atoms with Crippen LogP contribution in [0.5, 0.6) is 0 Å². The molecule has 7 heteroatoms. The van der Waals surface area contributed by atoms with Gasteiger partial charge in [-0.25, -0.2) is 4.79 Å². The number of halogens is 2. The molecule has 1 unspecified atom stereocenters. The van der Waals surface area contributed by atoms with Crippen LogP contribution in [0, 0.1) is 0 Å². The zero-order chi connectivity index (χ0) is 13.8. The van der Waals surface area contributed by atoms with Crippen molar-refractivity contribution in [3.05, 3.63) is 41.8 Å². The van der Waals surface area contributed by atoms with Crippen molar-refractivity contribution in [2.75, 3.05) is 5.33 Å². The number of esters is 1. The van der Waals surface area contributed by atoms with Gasteiger partial charge in [0.15, 0.2) is 11.9 Å². The van der Waals surface area contributed by atoms with Gasteiger partial charge in [-0.2, -0.15) is 5.11 Å². The lowest BCUT2D eigenvalue weighted by Crippen LogP contribution is -2.24. The van der Waals surface area contributed by atoms with Gasteiger partial charge < -0.3 is 9.84 Å². The molecule has 1 aromatic rings. The second-order valence-electron chi connectivity index (χ2n) is 3.77. The zero-order valence-electron chi connectivity index (χ0n) is 9.66. The second-order valence-corrected chi connectivity index (χ2v) is 5.59. The highest BCUT2D eigenvalue weighted by molar-refractivity contribution is 9.12. The number of aliphatic hydroxyl groups excluding tert-OH is 1. The minimum atomic E-state index is -0.739. The first-order valence-electron chi connectivity index (χ1n) is 5.44. The van der Waals surface area contributed by atoms with E-state index in [0.717, 1.165) is 0 Å². The van der Waals surface area contributed by atoms with Crippen LogP contribution in [0.25, 0.3) is 0 Å². The Morgan fingerprint density at radius 1 is 1.32 bits per heavy atom. The Morgan fingerprint density at radius 2 is 2.00 bits per heavy atom. The molecule has 2 rings (SSSR count). The molecule has 0 aromatic heterocycles. The maximum atomic E-state index is 11.6. The minimum absolute atomic E-state index is 0.153. The number of carbonyl (C=O) groups excluding carboxylic acids is 1. The molecule has 1 aliphatic rings. The molecule has 0 bridgehead atoms. The predicted molar refractivity (Wildman–Crippen MR) is 77.0 cm³/mol. The molecule has 0 saturated carbocycles. The lowest BCUT2D eigenvalue weighted by atomic mass is 10.2. The first kappa shape index (κ1) is 14.2. The highest BCUT2D eigenvalue weighted by atomic mass is 79.9. The van der Waals surface area contributed by atoms with Crippen LogP contribution < -0.4 is 0 Å². The van der Waals surface area contributed by atoms with Crippen LogP contribution in [-0.4, -0.2) is 27.3 Å². The van der Waals surface area contributed by atoms with Crippen molar-refractivity contribution in [1.29, 1.82) is 0 Å². The van der Waals surface area contributed by atoms with Crippen LogP contribution in [0.15, 0.2) is 52.0 Å². The summed E-state index contributed by atoms with van der Waals surface area (Å²) in [6.07, 6.45) is -0.739. The molecular formula is C12H10Br2N2O3. The number of carbonyl (C=O) groups is 1. The van der Waals surface area contributed by atoms with E-state index in [-0.39, 0.29) is 16.3 Å². The Morgan fingerprint density at radius 3 is 2.63 bits per heavy atom. The van der Waals surface area contributed by atoms with Gasteiger partial charge in [-0.15, -0.1) is 5.11 Å². The van der Waals surface area contributed by atoms with E-state index in [1.165, 1.54) is 0 Å². The normalized spacial score (nSPS) is 20.9. The molecule has 0 fully saturated rings. The topological polar surface area (TPSA) is 71.2 Å². The van der Waals surface area contributed by atoms with E-state index < -0.39 is 12.1 Å². The number of cyclic esters (lactones) is 1. The van der Waals surface area contributed by atoms with Crippen LogP contribution in [0.1, 0.15) is 0 Å². The molecule has 0 radical (unpaired) electrons. The van der Waals surface area contributed by atoms with Gasteiger partial charge in [0, 0.05) is 5.33 Å². The lowest BCUT2D eigenvalue weighted by Gasteiger charge is -2.13. The number of rotatable bonds is 4. The molecule has 2 atom stereocenters. The molecule has 0 spiro atoms. The minimum Gasteiger partial charge on any atom is -0.506 e. The number of ether oxygens (including phenoxy) is 1. The third-order valence-corrected chi connectivity index (χ3v) is 4.81. The predicted octanol–water partition coefficient (Wildman–Crippen LogP) is 3.62. The molecule has 5 nitrogen and oxygen atoms in total. The Balaban J connectivity index is 2.21. The Bertz CT molecular complexity index is 531. The van der Waals surface area contributed by atoms with Crippen molar-refractivity contribution in [1.82, 2.24) is 0 Å². The summed E-state index contributed by atoms with van der Waals surface area (Å²) in [4.78, 5) is 11.4. The SMILES string of the molecule is O=C1OC([C@H](Br)CBr)C(O)=C1N=Nc1ccccc1. The molecule has 19 heavy (non-hydrogen) atoms. The quantitative estimate of drug-likeness (QED) is 0.485. The van der Waals surface area contributed by atoms with Crippen molar-refractivity contribution < 1.29 is 14.6 Å². The summed E-state index contributed by atoms with van der Waals surface area (Å²) in [7, 11) is 0. The fourth-order valence-corrected chi connectivity index (χ4v) is 2.18. The van der Waals surface area contributed by atoms with Gasteiger partial charge in [0.05, 0.1) is 10.5 Å². The van der Waals surface area contributed by atoms with Crippen LogP contribution in [0.4, 0.5) is 5.69 Å². The number of benzene rings is 1. The van der Waals surface area contributed by atoms with E-state index in [1.54, 1.807) is 24.3 Å². The van der Waals surface area contributed by atoms with E-state index in [9.17, 15) is 9.90 Å². The average molecular weight is 390 g/mol. The smallest absolute Gasteiger partial charge is 0.363 e. The molecule has 1 heterocycles. The summed E-state index contributed by atoms with van der Waals surface area (Å²) in [5.74, 6) is -0.876. The van der Waals surface area contributed by atoms with Gasteiger partial charge in [-0.3, -0.25) is 0 Å². The highest BCUT2D eigenvalue weighted by Gasteiger charge is 2.38.